The molecule has 0 spiro atoms. The second kappa shape index (κ2) is 5.17. The zero-order chi connectivity index (χ0) is 12.4. The molecule has 2 heterocycles. The van der Waals surface area contributed by atoms with Gasteiger partial charge in [-0.05, 0) is 12.1 Å². The summed E-state index contributed by atoms with van der Waals surface area (Å²) in [6.45, 7) is 2.24. The lowest BCUT2D eigenvalue weighted by atomic mass is 10.2. The molecule has 1 aliphatic rings. The lowest BCUT2D eigenvalue weighted by Gasteiger charge is -2.19. The molecule has 1 aromatic carbocycles. The van der Waals surface area contributed by atoms with Crippen molar-refractivity contribution in [2.45, 2.75) is 6.10 Å². The smallest absolute Gasteiger partial charge is 0.257 e. The number of halogens is 1. The summed E-state index contributed by atoms with van der Waals surface area (Å²) in [4.78, 5) is 4.38. The molecular weight excluding hydrogens is 298 g/mol. The summed E-state index contributed by atoms with van der Waals surface area (Å²) in [5.74, 6) is 1.11. The largest absolute Gasteiger partial charge is 0.366 e. The maximum atomic E-state index is 5.57. The molecule has 1 aliphatic heterocycles. The average molecular weight is 310 g/mol. The van der Waals surface area contributed by atoms with Crippen molar-refractivity contribution in [2.24, 2.45) is 0 Å². The van der Waals surface area contributed by atoms with Crippen molar-refractivity contribution in [3.05, 3.63) is 34.6 Å². The molecule has 6 heteroatoms. The van der Waals surface area contributed by atoms with Crippen LogP contribution in [0.15, 0.2) is 33.3 Å². The second-order valence-electron chi connectivity index (χ2n) is 4.03. The van der Waals surface area contributed by atoms with Crippen molar-refractivity contribution in [3.63, 3.8) is 0 Å². The number of hydrogen-bond acceptors (Lipinski definition) is 5. The molecule has 0 aliphatic carbocycles. The second-order valence-corrected chi connectivity index (χ2v) is 4.95. The maximum absolute atomic E-state index is 5.57. The highest BCUT2D eigenvalue weighted by molar-refractivity contribution is 9.10. The summed E-state index contributed by atoms with van der Waals surface area (Å²) in [5, 5.41) is 7.22. The third kappa shape index (κ3) is 2.45. The van der Waals surface area contributed by atoms with Gasteiger partial charge in [0.1, 0.15) is 6.10 Å². The molecule has 5 nitrogen and oxygen atoms in total. The van der Waals surface area contributed by atoms with E-state index in [1.165, 1.54) is 0 Å². The van der Waals surface area contributed by atoms with Gasteiger partial charge in [0.05, 0.1) is 6.61 Å². The van der Waals surface area contributed by atoms with Crippen LogP contribution in [0.3, 0.4) is 0 Å². The molecule has 0 amide bonds. The van der Waals surface area contributed by atoms with Gasteiger partial charge in [0.25, 0.3) is 5.89 Å². The van der Waals surface area contributed by atoms with Gasteiger partial charge in [0.15, 0.2) is 0 Å². The van der Waals surface area contributed by atoms with Crippen molar-refractivity contribution in [2.75, 3.05) is 19.7 Å². The van der Waals surface area contributed by atoms with Gasteiger partial charge < -0.3 is 14.6 Å². The van der Waals surface area contributed by atoms with E-state index in [1.807, 2.05) is 24.3 Å². The molecule has 1 unspecified atom stereocenters. The molecule has 1 fully saturated rings. The fourth-order valence-corrected chi connectivity index (χ4v) is 2.23. The zero-order valence-electron chi connectivity index (χ0n) is 9.60. The fraction of sp³-hybridized carbons (Fsp3) is 0.333. The van der Waals surface area contributed by atoms with E-state index in [1.54, 1.807) is 0 Å². The van der Waals surface area contributed by atoms with Crippen LogP contribution in [0.4, 0.5) is 0 Å². The summed E-state index contributed by atoms with van der Waals surface area (Å²) in [6.07, 6.45) is -0.146. The minimum Gasteiger partial charge on any atom is -0.366 e. The van der Waals surface area contributed by atoms with E-state index in [0.717, 1.165) is 16.6 Å². The SMILES string of the molecule is Brc1cccc(-c2noc(C3CNCCO3)n2)c1. The number of aromatic nitrogens is 2. The zero-order valence-corrected chi connectivity index (χ0v) is 11.2. The number of hydrogen-bond donors (Lipinski definition) is 1. The molecule has 1 N–H and O–H groups in total. The molecule has 0 saturated carbocycles. The summed E-state index contributed by atoms with van der Waals surface area (Å²) in [7, 11) is 0. The van der Waals surface area contributed by atoms with Crippen LogP contribution in [0.1, 0.15) is 12.0 Å². The molecule has 0 radical (unpaired) electrons. The highest BCUT2D eigenvalue weighted by atomic mass is 79.9. The van der Waals surface area contributed by atoms with Crippen LogP contribution in [0.25, 0.3) is 11.4 Å². The van der Waals surface area contributed by atoms with Gasteiger partial charge in [-0.15, -0.1) is 0 Å². The quantitative estimate of drug-likeness (QED) is 0.921. The number of nitrogens with zero attached hydrogens (tertiary/aromatic N) is 2. The normalized spacial score (nSPS) is 19.9. The van der Waals surface area contributed by atoms with Crippen LogP contribution in [0, 0.1) is 0 Å². The summed E-state index contributed by atoms with van der Waals surface area (Å²) in [6, 6.07) is 7.79. The Bertz CT molecular complexity index is 538. The van der Waals surface area contributed by atoms with E-state index in [9.17, 15) is 0 Å². The Morgan fingerprint density at radius 3 is 3.11 bits per heavy atom. The first kappa shape index (κ1) is 11.8. The molecule has 1 saturated heterocycles. The molecule has 1 atom stereocenters. The van der Waals surface area contributed by atoms with E-state index in [-0.39, 0.29) is 6.10 Å². The standard InChI is InChI=1S/C12H12BrN3O2/c13-9-3-1-2-8(6-9)11-15-12(18-16-11)10-7-14-4-5-17-10/h1-3,6,10,14H,4-5,7H2. The first-order chi connectivity index (χ1) is 8.83. The van der Waals surface area contributed by atoms with Crippen molar-refractivity contribution >= 4 is 15.9 Å². The monoisotopic (exact) mass is 309 g/mol. The van der Waals surface area contributed by atoms with Crippen molar-refractivity contribution in [3.8, 4) is 11.4 Å². The maximum Gasteiger partial charge on any atom is 0.257 e. The number of rotatable bonds is 2. The third-order valence-corrected chi connectivity index (χ3v) is 3.22. The third-order valence-electron chi connectivity index (χ3n) is 2.73. The van der Waals surface area contributed by atoms with Crippen LogP contribution in [0.2, 0.25) is 0 Å². The Kier molecular flexibility index (Phi) is 3.40. The predicted molar refractivity (Wildman–Crippen MR) is 69.0 cm³/mol. The molecular formula is C12H12BrN3O2. The van der Waals surface area contributed by atoms with Gasteiger partial charge in [-0.25, -0.2) is 0 Å². The van der Waals surface area contributed by atoms with Crippen LogP contribution < -0.4 is 5.32 Å². The highest BCUT2D eigenvalue weighted by Crippen LogP contribution is 2.23. The number of ether oxygens (including phenoxy) is 1. The summed E-state index contributed by atoms with van der Waals surface area (Å²) in [5.41, 5.74) is 0.920. The Morgan fingerprint density at radius 2 is 2.33 bits per heavy atom. The molecule has 2 aromatic rings. The first-order valence-corrected chi connectivity index (χ1v) is 6.54. The summed E-state index contributed by atoms with van der Waals surface area (Å²) < 4.78 is 11.8. The Labute approximate surface area is 113 Å². The van der Waals surface area contributed by atoms with Gasteiger partial charge in [-0.3, -0.25) is 0 Å². The van der Waals surface area contributed by atoms with Gasteiger partial charge in [-0.2, -0.15) is 4.98 Å². The average Bonchev–Trinajstić information content (AvgIpc) is 2.89. The van der Waals surface area contributed by atoms with Crippen LogP contribution in [-0.2, 0) is 4.74 Å². The van der Waals surface area contributed by atoms with Crippen molar-refractivity contribution in [1.82, 2.24) is 15.5 Å². The molecule has 94 valence electrons. The lowest BCUT2D eigenvalue weighted by molar-refractivity contribution is 0.00755. The molecule has 1 aromatic heterocycles. The van der Waals surface area contributed by atoms with E-state index >= 15 is 0 Å². The molecule has 3 rings (SSSR count). The number of morpholine rings is 1. The highest BCUT2D eigenvalue weighted by Gasteiger charge is 2.22. The van der Waals surface area contributed by atoms with Crippen molar-refractivity contribution in [1.29, 1.82) is 0 Å². The van der Waals surface area contributed by atoms with E-state index in [2.05, 4.69) is 31.4 Å². The topological polar surface area (TPSA) is 60.2 Å². The number of benzene rings is 1. The van der Waals surface area contributed by atoms with E-state index in [4.69, 9.17) is 9.26 Å². The Balaban J connectivity index is 1.84. The molecule has 18 heavy (non-hydrogen) atoms. The lowest BCUT2D eigenvalue weighted by Crippen LogP contribution is -2.33. The first-order valence-electron chi connectivity index (χ1n) is 5.75. The van der Waals surface area contributed by atoms with Crippen LogP contribution in [0.5, 0.6) is 0 Å². The number of nitrogens with one attached hydrogen (secondary N) is 1. The van der Waals surface area contributed by atoms with Gasteiger partial charge in [0.2, 0.25) is 5.82 Å². The van der Waals surface area contributed by atoms with E-state index < -0.39 is 0 Å². The molecule has 0 bridgehead atoms. The van der Waals surface area contributed by atoms with Gasteiger partial charge in [-0.1, -0.05) is 33.2 Å². The van der Waals surface area contributed by atoms with Crippen LogP contribution in [-0.4, -0.2) is 29.8 Å². The summed E-state index contributed by atoms with van der Waals surface area (Å²) >= 11 is 3.42. The van der Waals surface area contributed by atoms with Crippen LogP contribution >= 0.6 is 15.9 Å². The van der Waals surface area contributed by atoms with Gasteiger partial charge >= 0.3 is 0 Å². The Hall–Kier alpha value is -1.24. The van der Waals surface area contributed by atoms with Crippen molar-refractivity contribution < 1.29 is 9.26 Å². The minimum atomic E-state index is -0.146. The van der Waals surface area contributed by atoms with E-state index in [0.29, 0.717) is 24.9 Å². The Morgan fingerprint density at radius 1 is 1.39 bits per heavy atom. The predicted octanol–water partition coefficient (Wildman–Crippen LogP) is 2.16. The van der Waals surface area contributed by atoms with Gasteiger partial charge in [0, 0.05) is 23.1 Å². The minimum absolute atomic E-state index is 0.146. The fourth-order valence-electron chi connectivity index (χ4n) is 1.83.